The highest BCUT2D eigenvalue weighted by Crippen LogP contribution is 2.01. The molecule has 0 spiro atoms. The molecule has 90 valence electrons. The maximum atomic E-state index is 12.0. The monoisotopic (exact) mass is 225 g/mol. The molecule has 1 rings (SSSR count). The maximum absolute atomic E-state index is 12.0. The fourth-order valence-corrected chi connectivity index (χ4v) is 1.60. The van der Waals surface area contributed by atoms with Gasteiger partial charge in [-0.3, -0.25) is 4.79 Å². The van der Waals surface area contributed by atoms with Crippen LogP contribution >= 0.6 is 0 Å². The molecule has 0 saturated heterocycles. The van der Waals surface area contributed by atoms with E-state index in [-0.39, 0.29) is 5.56 Å². The summed E-state index contributed by atoms with van der Waals surface area (Å²) in [6.45, 7) is 4.80. The Kier molecular flexibility index (Phi) is 4.49. The zero-order valence-corrected chi connectivity index (χ0v) is 10.1. The van der Waals surface area contributed by atoms with E-state index < -0.39 is 6.10 Å². The standard InChI is InChI=1S/C11H19N3O2/c1-4-6-14-7-5-12-10(11(14)16)13(3)8-9(2)15/h5,7,9,15H,4,6,8H2,1-3H3. The number of hydrogen-bond donors (Lipinski definition) is 1. The van der Waals surface area contributed by atoms with Crippen LogP contribution in [-0.2, 0) is 6.54 Å². The minimum absolute atomic E-state index is 0.104. The zero-order chi connectivity index (χ0) is 12.1. The Morgan fingerprint density at radius 2 is 2.31 bits per heavy atom. The zero-order valence-electron chi connectivity index (χ0n) is 10.1. The molecule has 1 aromatic heterocycles. The molecule has 5 heteroatoms. The van der Waals surface area contributed by atoms with Crippen LogP contribution < -0.4 is 10.5 Å². The SMILES string of the molecule is CCCn1ccnc(N(C)CC(C)O)c1=O. The number of rotatable bonds is 5. The molecule has 1 atom stereocenters. The molecule has 0 radical (unpaired) electrons. The van der Waals surface area contributed by atoms with E-state index in [0.29, 0.717) is 18.9 Å². The fourth-order valence-electron chi connectivity index (χ4n) is 1.60. The number of likely N-dealkylation sites (N-methyl/N-ethyl adjacent to an activating group) is 1. The first-order valence-electron chi connectivity index (χ1n) is 5.51. The molecule has 0 aromatic carbocycles. The van der Waals surface area contributed by atoms with Gasteiger partial charge in [-0.15, -0.1) is 0 Å². The summed E-state index contributed by atoms with van der Waals surface area (Å²) in [7, 11) is 1.76. The van der Waals surface area contributed by atoms with E-state index in [0.717, 1.165) is 6.42 Å². The highest BCUT2D eigenvalue weighted by atomic mass is 16.3. The van der Waals surface area contributed by atoms with Gasteiger partial charge in [0, 0.05) is 32.5 Å². The van der Waals surface area contributed by atoms with Gasteiger partial charge in [-0.1, -0.05) is 6.92 Å². The number of aryl methyl sites for hydroxylation is 1. The smallest absolute Gasteiger partial charge is 0.293 e. The third kappa shape index (κ3) is 3.06. The molecule has 1 N–H and O–H groups in total. The molecular weight excluding hydrogens is 206 g/mol. The maximum Gasteiger partial charge on any atom is 0.293 e. The van der Waals surface area contributed by atoms with Crippen LogP contribution in [0.15, 0.2) is 17.2 Å². The molecule has 1 unspecified atom stereocenters. The average molecular weight is 225 g/mol. The predicted octanol–water partition coefficient (Wildman–Crippen LogP) is 0.470. The summed E-state index contributed by atoms with van der Waals surface area (Å²) in [5, 5.41) is 9.27. The Morgan fingerprint density at radius 3 is 2.88 bits per heavy atom. The van der Waals surface area contributed by atoms with E-state index in [1.807, 2.05) is 6.92 Å². The molecule has 0 aliphatic rings. The van der Waals surface area contributed by atoms with Gasteiger partial charge in [0.2, 0.25) is 0 Å². The first kappa shape index (κ1) is 12.7. The summed E-state index contributed by atoms with van der Waals surface area (Å²) in [6, 6.07) is 0. The summed E-state index contributed by atoms with van der Waals surface area (Å²) in [4.78, 5) is 17.7. The number of aliphatic hydroxyl groups excluding tert-OH is 1. The van der Waals surface area contributed by atoms with E-state index in [4.69, 9.17) is 0 Å². The molecule has 1 aromatic rings. The molecule has 16 heavy (non-hydrogen) atoms. The second-order valence-electron chi connectivity index (χ2n) is 3.98. The lowest BCUT2D eigenvalue weighted by molar-refractivity contribution is 0.201. The Labute approximate surface area is 95.4 Å². The summed E-state index contributed by atoms with van der Waals surface area (Å²) >= 11 is 0. The molecule has 0 aliphatic carbocycles. The molecule has 0 aliphatic heterocycles. The highest BCUT2D eigenvalue weighted by Gasteiger charge is 2.11. The van der Waals surface area contributed by atoms with E-state index >= 15 is 0 Å². The van der Waals surface area contributed by atoms with E-state index in [9.17, 15) is 9.90 Å². The first-order valence-corrected chi connectivity index (χ1v) is 5.51. The number of hydrogen-bond acceptors (Lipinski definition) is 4. The summed E-state index contributed by atoms with van der Waals surface area (Å²) in [5.41, 5.74) is -0.104. The van der Waals surface area contributed by atoms with Gasteiger partial charge in [0.15, 0.2) is 5.82 Å². The number of anilines is 1. The van der Waals surface area contributed by atoms with Crippen LogP contribution in [0.1, 0.15) is 20.3 Å². The number of nitrogens with zero attached hydrogens (tertiary/aromatic N) is 3. The van der Waals surface area contributed by atoms with Gasteiger partial charge in [0.05, 0.1) is 6.10 Å². The summed E-state index contributed by atoms with van der Waals surface area (Å²) in [6.07, 6.45) is 3.73. The topological polar surface area (TPSA) is 58.4 Å². The fraction of sp³-hybridized carbons (Fsp3) is 0.636. The van der Waals surface area contributed by atoms with Crippen molar-refractivity contribution in [1.82, 2.24) is 9.55 Å². The van der Waals surface area contributed by atoms with Crippen molar-refractivity contribution in [1.29, 1.82) is 0 Å². The van der Waals surface area contributed by atoms with Gasteiger partial charge in [0.1, 0.15) is 0 Å². The lowest BCUT2D eigenvalue weighted by Crippen LogP contribution is -2.34. The molecule has 0 amide bonds. The van der Waals surface area contributed by atoms with E-state index in [1.54, 1.807) is 35.8 Å². The minimum atomic E-state index is -0.481. The normalized spacial score (nSPS) is 12.5. The van der Waals surface area contributed by atoms with E-state index in [2.05, 4.69) is 4.98 Å². The van der Waals surface area contributed by atoms with Crippen molar-refractivity contribution in [2.45, 2.75) is 32.9 Å². The molecule has 0 saturated carbocycles. The van der Waals surface area contributed by atoms with Crippen LogP contribution in [0.5, 0.6) is 0 Å². The lowest BCUT2D eigenvalue weighted by atomic mass is 10.3. The van der Waals surface area contributed by atoms with Crippen molar-refractivity contribution in [3.8, 4) is 0 Å². The van der Waals surface area contributed by atoms with Crippen LogP contribution in [0.3, 0.4) is 0 Å². The third-order valence-corrected chi connectivity index (χ3v) is 2.26. The minimum Gasteiger partial charge on any atom is -0.392 e. The second kappa shape index (κ2) is 5.65. The number of aromatic nitrogens is 2. The third-order valence-electron chi connectivity index (χ3n) is 2.26. The van der Waals surface area contributed by atoms with Crippen LogP contribution in [0.4, 0.5) is 5.82 Å². The lowest BCUT2D eigenvalue weighted by Gasteiger charge is -2.19. The van der Waals surface area contributed by atoms with E-state index in [1.165, 1.54) is 0 Å². The summed E-state index contributed by atoms with van der Waals surface area (Å²) in [5.74, 6) is 0.386. The van der Waals surface area contributed by atoms with Crippen molar-refractivity contribution in [3.63, 3.8) is 0 Å². The summed E-state index contributed by atoms with van der Waals surface area (Å²) < 4.78 is 1.64. The van der Waals surface area contributed by atoms with Crippen molar-refractivity contribution in [2.75, 3.05) is 18.5 Å². The first-order chi connectivity index (χ1) is 7.56. The van der Waals surface area contributed by atoms with Crippen LogP contribution in [-0.4, -0.2) is 34.4 Å². The molecular formula is C11H19N3O2. The molecule has 0 fully saturated rings. The predicted molar refractivity (Wildman–Crippen MR) is 63.7 cm³/mol. The largest absolute Gasteiger partial charge is 0.392 e. The van der Waals surface area contributed by atoms with Gasteiger partial charge >= 0.3 is 0 Å². The highest BCUT2D eigenvalue weighted by molar-refractivity contribution is 5.34. The van der Waals surface area contributed by atoms with Crippen LogP contribution in [0, 0.1) is 0 Å². The van der Waals surface area contributed by atoms with Crippen molar-refractivity contribution in [2.24, 2.45) is 0 Å². The van der Waals surface area contributed by atoms with Crippen molar-refractivity contribution < 1.29 is 5.11 Å². The Hall–Kier alpha value is -1.36. The van der Waals surface area contributed by atoms with Gasteiger partial charge in [-0.25, -0.2) is 4.98 Å². The van der Waals surface area contributed by atoms with Crippen molar-refractivity contribution >= 4 is 5.82 Å². The Bertz CT molecular complexity index is 387. The molecule has 0 bridgehead atoms. The second-order valence-corrected chi connectivity index (χ2v) is 3.98. The molecule has 1 heterocycles. The Balaban J connectivity index is 2.96. The Morgan fingerprint density at radius 1 is 1.62 bits per heavy atom. The van der Waals surface area contributed by atoms with Gasteiger partial charge < -0.3 is 14.6 Å². The molecule has 5 nitrogen and oxygen atoms in total. The van der Waals surface area contributed by atoms with Crippen molar-refractivity contribution in [3.05, 3.63) is 22.7 Å². The quantitative estimate of drug-likeness (QED) is 0.791. The van der Waals surface area contributed by atoms with Crippen LogP contribution in [0.25, 0.3) is 0 Å². The number of aliphatic hydroxyl groups is 1. The average Bonchev–Trinajstić information content (AvgIpc) is 2.20. The van der Waals surface area contributed by atoms with Gasteiger partial charge in [-0.2, -0.15) is 0 Å². The van der Waals surface area contributed by atoms with Gasteiger partial charge in [-0.05, 0) is 13.3 Å². The van der Waals surface area contributed by atoms with Gasteiger partial charge in [0.25, 0.3) is 5.56 Å². The van der Waals surface area contributed by atoms with Crippen LogP contribution in [0.2, 0.25) is 0 Å².